The summed E-state index contributed by atoms with van der Waals surface area (Å²) >= 11 is 0. The van der Waals surface area contributed by atoms with Gasteiger partial charge in [0.1, 0.15) is 0 Å². The highest BCUT2D eigenvalue weighted by atomic mass is 16.2. The molecule has 1 N–H and O–H groups in total. The van der Waals surface area contributed by atoms with Gasteiger partial charge in [0, 0.05) is 12.5 Å². The SMILES string of the molecule is CN1CCCCCC1C(=O)NCCC(c1ccccc1)c1ccccc1. The summed E-state index contributed by atoms with van der Waals surface area (Å²) in [6.45, 7) is 1.73. The van der Waals surface area contributed by atoms with Crippen molar-refractivity contribution < 1.29 is 4.79 Å². The summed E-state index contributed by atoms with van der Waals surface area (Å²) in [6, 6.07) is 21.2. The number of benzene rings is 2. The molecule has 0 spiro atoms. The van der Waals surface area contributed by atoms with Crippen LogP contribution in [0, 0.1) is 0 Å². The van der Waals surface area contributed by atoms with Crippen molar-refractivity contribution in [1.29, 1.82) is 0 Å². The summed E-state index contributed by atoms with van der Waals surface area (Å²) < 4.78 is 0. The standard InChI is InChI=1S/C23H30N2O/c1-25-18-10-4-9-15-22(25)23(26)24-17-16-21(19-11-5-2-6-12-19)20-13-7-3-8-14-20/h2-3,5-8,11-14,21-22H,4,9-10,15-18H2,1H3,(H,24,26). The van der Waals surface area contributed by atoms with Gasteiger partial charge in [-0.1, -0.05) is 73.5 Å². The van der Waals surface area contributed by atoms with E-state index in [4.69, 9.17) is 0 Å². The van der Waals surface area contributed by atoms with Crippen molar-refractivity contribution in [1.82, 2.24) is 10.2 Å². The maximum absolute atomic E-state index is 12.7. The molecule has 1 atom stereocenters. The smallest absolute Gasteiger partial charge is 0.237 e. The highest BCUT2D eigenvalue weighted by Gasteiger charge is 2.24. The first-order chi connectivity index (χ1) is 12.8. The third-order valence-electron chi connectivity index (χ3n) is 5.46. The Bertz CT molecular complexity index is 632. The minimum Gasteiger partial charge on any atom is -0.355 e. The lowest BCUT2D eigenvalue weighted by atomic mass is 9.88. The van der Waals surface area contributed by atoms with Crippen LogP contribution in [-0.2, 0) is 4.79 Å². The predicted molar refractivity (Wildman–Crippen MR) is 107 cm³/mol. The van der Waals surface area contributed by atoms with E-state index in [0.717, 1.165) is 25.8 Å². The molecule has 2 aromatic carbocycles. The minimum atomic E-state index is 0.0319. The van der Waals surface area contributed by atoms with E-state index >= 15 is 0 Å². The second-order valence-corrected chi connectivity index (χ2v) is 7.30. The van der Waals surface area contributed by atoms with Crippen molar-refractivity contribution in [2.45, 2.75) is 44.1 Å². The Hall–Kier alpha value is -2.13. The van der Waals surface area contributed by atoms with Crippen LogP contribution in [0.1, 0.15) is 49.1 Å². The first-order valence-corrected chi connectivity index (χ1v) is 9.83. The lowest BCUT2D eigenvalue weighted by Crippen LogP contribution is -2.45. The number of rotatable bonds is 6. The molecule has 3 rings (SSSR count). The number of carbonyl (C=O) groups excluding carboxylic acids is 1. The molecule has 1 fully saturated rings. The highest BCUT2D eigenvalue weighted by molar-refractivity contribution is 5.81. The van der Waals surface area contributed by atoms with E-state index in [-0.39, 0.29) is 11.9 Å². The van der Waals surface area contributed by atoms with Gasteiger partial charge in [-0.25, -0.2) is 0 Å². The number of nitrogens with zero attached hydrogens (tertiary/aromatic N) is 1. The van der Waals surface area contributed by atoms with E-state index in [1.807, 2.05) is 0 Å². The van der Waals surface area contributed by atoms with Gasteiger partial charge in [-0.15, -0.1) is 0 Å². The molecule has 0 radical (unpaired) electrons. The van der Waals surface area contributed by atoms with Gasteiger partial charge in [0.25, 0.3) is 0 Å². The molecule has 3 heteroatoms. The summed E-state index contributed by atoms with van der Waals surface area (Å²) in [5, 5.41) is 3.20. The van der Waals surface area contributed by atoms with E-state index in [1.54, 1.807) is 0 Å². The van der Waals surface area contributed by atoms with E-state index in [9.17, 15) is 4.79 Å². The highest BCUT2D eigenvalue weighted by Crippen LogP contribution is 2.27. The molecule has 1 unspecified atom stereocenters. The molecular weight excluding hydrogens is 320 g/mol. The maximum atomic E-state index is 12.7. The third-order valence-corrected chi connectivity index (χ3v) is 5.46. The van der Waals surface area contributed by atoms with Crippen LogP contribution in [-0.4, -0.2) is 37.0 Å². The number of likely N-dealkylation sites (tertiary alicyclic amines) is 1. The molecule has 0 aliphatic carbocycles. The van der Waals surface area contributed by atoms with Crippen LogP contribution in [0.15, 0.2) is 60.7 Å². The van der Waals surface area contributed by atoms with Gasteiger partial charge in [-0.05, 0) is 44.0 Å². The van der Waals surface area contributed by atoms with Crippen molar-refractivity contribution >= 4 is 5.91 Å². The van der Waals surface area contributed by atoms with Crippen LogP contribution in [0.4, 0.5) is 0 Å². The fourth-order valence-electron chi connectivity index (χ4n) is 3.94. The molecule has 1 aliphatic rings. The predicted octanol–water partition coefficient (Wildman–Crippen LogP) is 4.20. The van der Waals surface area contributed by atoms with Crippen LogP contribution in [0.3, 0.4) is 0 Å². The zero-order chi connectivity index (χ0) is 18.2. The zero-order valence-corrected chi connectivity index (χ0v) is 15.7. The second-order valence-electron chi connectivity index (χ2n) is 7.30. The zero-order valence-electron chi connectivity index (χ0n) is 15.7. The lowest BCUT2D eigenvalue weighted by molar-refractivity contribution is -0.126. The number of hydrogen-bond donors (Lipinski definition) is 1. The third kappa shape index (κ3) is 4.95. The Labute approximate surface area is 157 Å². The first-order valence-electron chi connectivity index (χ1n) is 9.83. The number of amides is 1. The average Bonchev–Trinajstić information content (AvgIpc) is 2.91. The largest absolute Gasteiger partial charge is 0.355 e. The fourth-order valence-corrected chi connectivity index (χ4v) is 3.94. The molecule has 138 valence electrons. The van der Waals surface area contributed by atoms with Crippen molar-refractivity contribution in [2.75, 3.05) is 20.1 Å². The van der Waals surface area contributed by atoms with Crippen molar-refractivity contribution in [2.24, 2.45) is 0 Å². The monoisotopic (exact) mass is 350 g/mol. The van der Waals surface area contributed by atoms with Crippen molar-refractivity contribution in [3.63, 3.8) is 0 Å². The molecule has 1 aliphatic heterocycles. The molecule has 1 amide bonds. The van der Waals surface area contributed by atoms with Crippen molar-refractivity contribution in [3.05, 3.63) is 71.8 Å². The topological polar surface area (TPSA) is 32.3 Å². The van der Waals surface area contributed by atoms with Crippen LogP contribution in [0.25, 0.3) is 0 Å². The van der Waals surface area contributed by atoms with Gasteiger partial charge in [0.2, 0.25) is 5.91 Å². The summed E-state index contributed by atoms with van der Waals surface area (Å²) in [7, 11) is 2.08. The van der Waals surface area contributed by atoms with Crippen LogP contribution in [0.2, 0.25) is 0 Å². The molecule has 0 saturated carbocycles. The summed E-state index contributed by atoms with van der Waals surface area (Å²) in [5.41, 5.74) is 2.61. The molecule has 26 heavy (non-hydrogen) atoms. The molecule has 0 aromatic heterocycles. The molecular formula is C23H30N2O. The Morgan fingerprint density at radius 1 is 1.00 bits per heavy atom. The van der Waals surface area contributed by atoms with Gasteiger partial charge >= 0.3 is 0 Å². The maximum Gasteiger partial charge on any atom is 0.237 e. The van der Waals surface area contributed by atoms with Gasteiger partial charge < -0.3 is 5.32 Å². The Morgan fingerprint density at radius 2 is 1.62 bits per heavy atom. The van der Waals surface area contributed by atoms with Crippen LogP contribution < -0.4 is 5.32 Å². The normalized spacial score (nSPS) is 18.5. The average molecular weight is 351 g/mol. The summed E-state index contributed by atoms with van der Waals surface area (Å²) in [5.74, 6) is 0.499. The van der Waals surface area contributed by atoms with E-state index in [0.29, 0.717) is 12.5 Å². The van der Waals surface area contributed by atoms with E-state index < -0.39 is 0 Å². The molecule has 3 nitrogen and oxygen atoms in total. The minimum absolute atomic E-state index is 0.0319. The van der Waals surface area contributed by atoms with Gasteiger partial charge in [0.15, 0.2) is 0 Å². The summed E-state index contributed by atoms with van der Waals surface area (Å²) in [4.78, 5) is 14.9. The lowest BCUT2D eigenvalue weighted by Gasteiger charge is -2.25. The Balaban J connectivity index is 1.62. The number of likely N-dealkylation sites (N-methyl/N-ethyl adjacent to an activating group) is 1. The van der Waals surface area contributed by atoms with Crippen LogP contribution in [0.5, 0.6) is 0 Å². The Kier molecular flexibility index (Phi) is 6.84. The second kappa shape index (κ2) is 9.54. The summed E-state index contributed by atoms with van der Waals surface area (Å²) in [6.07, 6.45) is 5.47. The molecule has 1 saturated heterocycles. The van der Waals surface area contributed by atoms with Gasteiger partial charge in [-0.3, -0.25) is 9.69 Å². The van der Waals surface area contributed by atoms with Gasteiger partial charge in [-0.2, -0.15) is 0 Å². The number of hydrogen-bond acceptors (Lipinski definition) is 2. The van der Waals surface area contributed by atoms with Crippen molar-refractivity contribution in [3.8, 4) is 0 Å². The molecule has 2 aromatic rings. The molecule has 0 bridgehead atoms. The number of carbonyl (C=O) groups is 1. The Morgan fingerprint density at radius 3 is 2.23 bits per heavy atom. The van der Waals surface area contributed by atoms with E-state index in [1.165, 1.54) is 24.0 Å². The first kappa shape index (κ1) is 18.7. The quantitative estimate of drug-likeness (QED) is 0.847. The van der Waals surface area contributed by atoms with Crippen LogP contribution >= 0.6 is 0 Å². The number of nitrogens with one attached hydrogen (secondary N) is 1. The molecule has 1 heterocycles. The fraction of sp³-hybridized carbons (Fsp3) is 0.435. The van der Waals surface area contributed by atoms with E-state index in [2.05, 4.69) is 77.9 Å². The van der Waals surface area contributed by atoms with Gasteiger partial charge in [0.05, 0.1) is 6.04 Å².